The summed E-state index contributed by atoms with van der Waals surface area (Å²) in [5.74, 6) is 1.81. The molecular formula is C18H22F3NO. The molecule has 0 aliphatic heterocycles. The number of halogens is 3. The SMILES string of the molecule is CN(Cc1ccccc1C(F)(F)F)C(=O)CC1CC2CCC1C2. The van der Waals surface area contributed by atoms with Gasteiger partial charge in [0.25, 0.3) is 0 Å². The van der Waals surface area contributed by atoms with Gasteiger partial charge in [0.15, 0.2) is 0 Å². The lowest BCUT2D eigenvalue weighted by atomic mass is 9.86. The molecule has 2 bridgehead atoms. The monoisotopic (exact) mass is 325 g/mol. The first-order chi connectivity index (χ1) is 10.8. The largest absolute Gasteiger partial charge is 0.416 e. The highest BCUT2D eigenvalue weighted by Gasteiger charge is 2.40. The van der Waals surface area contributed by atoms with Crippen molar-refractivity contribution in [3.8, 4) is 0 Å². The minimum atomic E-state index is -4.38. The van der Waals surface area contributed by atoms with E-state index in [-0.39, 0.29) is 18.0 Å². The maximum Gasteiger partial charge on any atom is 0.416 e. The van der Waals surface area contributed by atoms with E-state index < -0.39 is 11.7 Å². The van der Waals surface area contributed by atoms with Crippen LogP contribution in [0.2, 0.25) is 0 Å². The molecule has 5 heteroatoms. The molecule has 2 aliphatic rings. The lowest BCUT2D eigenvalue weighted by Crippen LogP contribution is -2.30. The summed E-state index contributed by atoms with van der Waals surface area (Å²) in [7, 11) is 1.60. The Balaban J connectivity index is 1.63. The molecule has 0 aromatic heterocycles. The molecule has 2 nitrogen and oxygen atoms in total. The Morgan fingerprint density at radius 3 is 2.57 bits per heavy atom. The molecule has 126 valence electrons. The van der Waals surface area contributed by atoms with Crippen LogP contribution < -0.4 is 0 Å². The van der Waals surface area contributed by atoms with Gasteiger partial charge in [-0.05, 0) is 48.6 Å². The molecule has 2 fully saturated rings. The molecule has 0 N–H and O–H groups in total. The maximum absolute atomic E-state index is 13.0. The third kappa shape index (κ3) is 3.54. The molecule has 0 saturated heterocycles. The van der Waals surface area contributed by atoms with Gasteiger partial charge < -0.3 is 4.90 Å². The summed E-state index contributed by atoms with van der Waals surface area (Å²) >= 11 is 0. The van der Waals surface area contributed by atoms with E-state index in [2.05, 4.69) is 0 Å². The van der Waals surface area contributed by atoms with Crippen LogP contribution in [0, 0.1) is 17.8 Å². The van der Waals surface area contributed by atoms with Crippen LogP contribution in [0.4, 0.5) is 13.2 Å². The van der Waals surface area contributed by atoms with Gasteiger partial charge in [-0.15, -0.1) is 0 Å². The maximum atomic E-state index is 13.0. The number of nitrogens with zero attached hydrogens (tertiary/aromatic N) is 1. The van der Waals surface area contributed by atoms with Crippen molar-refractivity contribution >= 4 is 5.91 Å². The van der Waals surface area contributed by atoms with E-state index in [1.807, 2.05) is 0 Å². The van der Waals surface area contributed by atoms with Crippen molar-refractivity contribution in [2.45, 2.75) is 44.8 Å². The number of carbonyl (C=O) groups excluding carboxylic acids is 1. The van der Waals surface area contributed by atoms with Crippen molar-refractivity contribution in [3.05, 3.63) is 35.4 Å². The van der Waals surface area contributed by atoms with Gasteiger partial charge >= 0.3 is 6.18 Å². The van der Waals surface area contributed by atoms with Gasteiger partial charge in [0.05, 0.1) is 5.56 Å². The normalized spacial score (nSPS) is 26.5. The molecule has 0 heterocycles. The number of alkyl halides is 3. The summed E-state index contributed by atoms with van der Waals surface area (Å²) in [4.78, 5) is 13.8. The van der Waals surface area contributed by atoms with E-state index in [0.717, 1.165) is 18.4 Å². The molecule has 1 amide bonds. The molecule has 3 unspecified atom stereocenters. The predicted octanol–water partition coefficient (Wildman–Crippen LogP) is 4.49. The number of hydrogen-bond acceptors (Lipinski definition) is 1. The Kier molecular flexibility index (Phi) is 4.39. The van der Waals surface area contributed by atoms with Crippen LogP contribution in [0.5, 0.6) is 0 Å². The highest BCUT2D eigenvalue weighted by atomic mass is 19.4. The summed E-state index contributed by atoms with van der Waals surface area (Å²) < 4.78 is 39.1. The molecule has 1 aromatic rings. The average Bonchev–Trinajstić information content (AvgIpc) is 3.09. The molecule has 2 saturated carbocycles. The Bertz CT molecular complexity index is 584. The van der Waals surface area contributed by atoms with E-state index in [0.29, 0.717) is 18.3 Å². The second kappa shape index (κ2) is 6.17. The van der Waals surface area contributed by atoms with Gasteiger partial charge in [0.1, 0.15) is 0 Å². The Labute approximate surface area is 134 Å². The average molecular weight is 325 g/mol. The third-order valence-corrected chi connectivity index (χ3v) is 5.48. The molecular weight excluding hydrogens is 303 g/mol. The highest BCUT2D eigenvalue weighted by Crippen LogP contribution is 2.49. The van der Waals surface area contributed by atoms with E-state index in [1.165, 1.54) is 36.3 Å². The quantitative estimate of drug-likeness (QED) is 0.799. The van der Waals surface area contributed by atoms with Crippen LogP contribution in [0.3, 0.4) is 0 Å². The fourth-order valence-electron chi connectivity index (χ4n) is 4.29. The number of benzene rings is 1. The third-order valence-electron chi connectivity index (χ3n) is 5.48. The lowest BCUT2D eigenvalue weighted by molar-refractivity contribution is -0.139. The number of fused-ring (bicyclic) bond motifs is 2. The standard InChI is InChI=1S/C18H22F3NO/c1-22(11-14-4-2-3-5-16(14)18(19,20)21)17(23)10-15-9-12-6-7-13(15)8-12/h2-5,12-13,15H,6-11H2,1H3. The zero-order valence-electron chi connectivity index (χ0n) is 13.3. The van der Waals surface area contributed by atoms with E-state index >= 15 is 0 Å². The summed E-state index contributed by atoms with van der Waals surface area (Å²) in [6.07, 6.45) is 0.937. The molecule has 3 rings (SSSR count). The van der Waals surface area contributed by atoms with Crippen LogP contribution in [0.15, 0.2) is 24.3 Å². The van der Waals surface area contributed by atoms with Crippen molar-refractivity contribution in [1.82, 2.24) is 4.90 Å². The zero-order chi connectivity index (χ0) is 16.6. The topological polar surface area (TPSA) is 20.3 Å². The van der Waals surface area contributed by atoms with Crippen molar-refractivity contribution in [1.29, 1.82) is 0 Å². The fourth-order valence-corrected chi connectivity index (χ4v) is 4.29. The van der Waals surface area contributed by atoms with Gasteiger partial charge in [-0.1, -0.05) is 24.6 Å². The van der Waals surface area contributed by atoms with Gasteiger partial charge in [-0.3, -0.25) is 4.79 Å². The molecule has 2 aliphatic carbocycles. The number of carbonyl (C=O) groups is 1. The van der Waals surface area contributed by atoms with Crippen molar-refractivity contribution in [2.24, 2.45) is 17.8 Å². The number of hydrogen-bond donors (Lipinski definition) is 0. The van der Waals surface area contributed by atoms with Crippen molar-refractivity contribution in [2.75, 3.05) is 7.05 Å². The highest BCUT2D eigenvalue weighted by molar-refractivity contribution is 5.76. The second-order valence-electron chi connectivity index (χ2n) is 7.04. The minimum Gasteiger partial charge on any atom is -0.341 e. The van der Waals surface area contributed by atoms with Crippen LogP contribution in [-0.2, 0) is 17.5 Å². The fraction of sp³-hybridized carbons (Fsp3) is 0.611. The van der Waals surface area contributed by atoms with Gasteiger partial charge in [-0.25, -0.2) is 0 Å². The van der Waals surface area contributed by atoms with Crippen LogP contribution in [0.1, 0.15) is 43.2 Å². The minimum absolute atomic E-state index is 0.00926. The summed E-state index contributed by atoms with van der Waals surface area (Å²) in [6, 6.07) is 5.48. The first-order valence-electron chi connectivity index (χ1n) is 8.23. The summed E-state index contributed by atoms with van der Waals surface area (Å²) in [5.41, 5.74) is -0.497. The first-order valence-corrected chi connectivity index (χ1v) is 8.23. The smallest absolute Gasteiger partial charge is 0.341 e. The van der Waals surface area contributed by atoms with Gasteiger partial charge in [0, 0.05) is 20.0 Å². The lowest BCUT2D eigenvalue weighted by Gasteiger charge is -2.25. The first kappa shape index (κ1) is 16.3. The van der Waals surface area contributed by atoms with Gasteiger partial charge in [0.2, 0.25) is 5.91 Å². The van der Waals surface area contributed by atoms with E-state index in [4.69, 9.17) is 0 Å². The summed E-state index contributed by atoms with van der Waals surface area (Å²) in [5, 5.41) is 0. The van der Waals surface area contributed by atoms with Crippen LogP contribution in [-0.4, -0.2) is 17.9 Å². The molecule has 3 atom stereocenters. The van der Waals surface area contributed by atoms with Crippen molar-refractivity contribution in [3.63, 3.8) is 0 Å². The Morgan fingerprint density at radius 1 is 1.22 bits per heavy atom. The zero-order valence-corrected chi connectivity index (χ0v) is 13.3. The molecule has 0 radical (unpaired) electrons. The van der Waals surface area contributed by atoms with E-state index in [1.54, 1.807) is 13.1 Å². The Hall–Kier alpha value is -1.52. The molecule has 0 spiro atoms. The molecule has 23 heavy (non-hydrogen) atoms. The summed E-state index contributed by atoms with van der Waals surface area (Å²) in [6.45, 7) is 0.00926. The second-order valence-corrected chi connectivity index (χ2v) is 7.04. The van der Waals surface area contributed by atoms with Crippen molar-refractivity contribution < 1.29 is 18.0 Å². The van der Waals surface area contributed by atoms with Crippen LogP contribution >= 0.6 is 0 Å². The molecule has 1 aromatic carbocycles. The van der Waals surface area contributed by atoms with Crippen LogP contribution in [0.25, 0.3) is 0 Å². The van der Waals surface area contributed by atoms with E-state index in [9.17, 15) is 18.0 Å². The van der Waals surface area contributed by atoms with Gasteiger partial charge in [-0.2, -0.15) is 13.2 Å². The predicted molar refractivity (Wildman–Crippen MR) is 81.5 cm³/mol. The number of rotatable bonds is 4. The number of amides is 1. The Morgan fingerprint density at radius 2 is 1.96 bits per heavy atom.